The molecule has 1 saturated heterocycles. The van der Waals surface area contributed by atoms with Crippen LogP contribution in [0.2, 0.25) is 0 Å². The molecule has 1 heterocycles. The van der Waals surface area contributed by atoms with Gasteiger partial charge in [0, 0.05) is 0 Å². The van der Waals surface area contributed by atoms with E-state index in [4.69, 9.17) is 4.74 Å². The molecule has 1 saturated carbocycles. The number of esters is 1. The van der Waals surface area contributed by atoms with E-state index < -0.39 is 0 Å². The van der Waals surface area contributed by atoms with Crippen LogP contribution >= 0.6 is 0 Å². The van der Waals surface area contributed by atoms with E-state index in [-0.39, 0.29) is 17.1 Å². The second kappa shape index (κ2) is 2.96. The van der Waals surface area contributed by atoms with Crippen LogP contribution in [0.4, 0.5) is 0 Å². The van der Waals surface area contributed by atoms with Gasteiger partial charge >= 0.3 is 5.97 Å². The molecule has 80 valence electrons. The quantitative estimate of drug-likeness (QED) is 0.647. The molecule has 1 aliphatic carbocycles. The van der Waals surface area contributed by atoms with Gasteiger partial charge in [-0.25, -0.2) is 0 Å². The van der Waals surface area contributed by atoms with Gasteiger partial charge in [-0.05, 0) is 52.5 Å². The Labute approximate surface area is 85.2 Å². The lowest BCUT2D eigenvalue weighted by Crippen LogP contribution is -2.50. The Kier molecular flexibility index (Phi) is 2.11. The Morgan fingerprint density at radius 3 is 2.57 bits per heavy atom. The summed E-state index contributed by atoms with van der Waals surface area (Å²) in [5, 5.41) is 3.32. The Bertz CT molecular complexity index is 247. The third kappa shape index (κ3) is 1.65. The first-order chi connectivity index (χ1) is 6.41. The van der Waals surface area contributed by atoms with E-state index in [0.717, 1.165) is 19.4 Å². The molecule has 0 amide bonds. The monoisotopic (exact) mass is 197 g/mol. The normalized spacial score (nSPS) is 36.1. The largest absolute Gasteiger partial charge is 0.459 e. The van der Waals surface area contributed by atoms with Crippen molar-refractivity contribution in [3.63, 3.8) is 0 Å². The first kappa shape index (κ1) is 9.97. The molecule has 2 aliphatic rings. The van der Waals surface area contributed by atoms with Crippen molar-refractivity contribution in [3.05, 3.63) is 0 Å². The average Bonchev–Trinajstić information content (AvgIpc) is 2.60. The van der Waals surface area contributed by atoms with E-state index in [1.807, 2.05) is 20.8 Å². The molecule has 1 aliphatic heterocycles. The number of ether oxygens (including phenoxy) is 1. The van der Waals surface area contributed by atoms with Crippen molar-refractivity contribution in [3.8, 4) is 0 Å². The van der Waals surface area contributed by atoms with Gasteiger partial charge in [-0.15, -0.1) is 0 Å². The fourth-order valence-corrected chi connectivity index (χ4v) is 2.46. The van der Waals surface area contributed by atoms with Gasteiger partial charge in [0.1, 0.15) is 11.1 Å². The van der Waals surface area contributed by atoms with Crippen molar-refractivity contribution >= 4 is 5.97 Å². The maximum absolute atomic E-state index is 12.0. The number of carbonyl (C=O) groups excluding carboxylic acids is 1. The predicted molar refractivity (Wildman–Crippen MR) is 53.9 cm³/mol. The molecule has 0 aromatic carbocycles. The molecule has 0 aromatic rings. The highest BCUT2D eigenvalue weighted by atomic mass is 16.6. The second-order valence-electron chi connectivity index (χ2n) is 5.57. The highest BCUT2D eigenvalue weighted by Gasteiger charge is 2.51. The van der Waals surface area contributed by atoms with Crippen LogP contribution in [-0.2, 0) is 9.53 Å². The molecule has 1 N–H and O–H groups in total. The summed E-state index contributed by atoms with van der Waals surface area (Å²) in [6.45, 7) is 6.74. The molecular formula is C11H19NO2. The van der Waals surface area contributed by atoms with Gasteiger partial charge in [-0.2, -0.15) is 0 Å². The lowest BCUT2D eigenvalue weighted by atomic mass is 9.99. The van der Waals surface area contributed by atoms with E-state index in [2.05, 4.69) is 5.32 Å². The molecule has 2 fully saturated rings. The highest BCUT2D eigenvalue weighted by molar-refractivity contribution is 5.82. The van der Waals surface area contributed by atoms with Crippen LogP contribution in [0.1, 0.15) is 40.0 Å². The van der Waals surface area contributed by atoms with Crippen LogP contribution in [0.15, 0.2) is 0 Å². The molecule has 0 aromatic heterocycles. The number of piperidine rings is 1. The summed E-state index contributed by atoms with van der Waals surface area (Å²) in [4.78, 5) is 12.0. The molecule has 2 rings (SSSR count). The molecule has 0 unspecified atom stereocenters. The summed E-state index contributed by atoms with van der Waals surface area (Å²) < 4.78 is 5.44. The minimum atomic E-state index is -0.367. The lowest BCUT2D eigenvalue weighted by molar-refractivity contribution is -0.162. The van der Waals surface area contributed by atoms with Crippen LogP contribution in [0.25, 0.3) is 0 Å². The van der Waals surface area contributed by atoms with Crippen LogP contribution in [0.3, 0.4) is 0 Å². The number of rotatable bonds is 1. The van der Waals surface area contributed by atoms with Crippen LogP contribution in [0, 0.1) is 5.92 Å². The number of carbonyl (C=O) groups is 1. The molecular weight excluding hydrogens is 178 g/mol. The van der Waals surface area contributed by atoms with Gasteiger partial charge in [-0.3, -0.25) is 4.79 Å². The SMILES string of the molecule is CC(C)(C)OC(=O)[C@]12CC[C@H](CN1)C2. The Morgan fingerprint density at radius 1 is 1.50 bits per heavy atom. The Morgan fingerprint density at radius 2 is 2.21 bits per heavy atom. The maximum atomic E-state index is 12.0. The lowest BCUT2D eigenvalue weighted by Gasteiger charge is -2.30. The molecule has 14 heavy (non-hydrogen) atoms. The number of hydrogen-bond donors (Lipinski definition) is 1. The third-order valence-corrected chi connectivity index (χ3v) is 3.14. The third-order valence-electron chi connectivity index (χ3n) is 3.14. The van der Waals surface area contributed by atoms with Crippen molar-refractivity contribution in [2.24, 2.45) is 5.92 Å². The predicted octanol–water partition coefficient (Wildman–Crippen LogP) is 1.47. The summed E-state index contributed by atoms with van der Waals surface area (Å²) in [5.74, 6) is 0.646. The molecule has 0 spiro atoms. The first-order valence-electron chi connectivity index (χ1n) is 5.40. The highest BCUT2D eigenvalue weighted by Crippen LogP contribution is 2.41. The summed E-state index contributed by atoms with van der Waals surface area (Å²) in [5.41, 5.74) is -0.702. The van der Waals surface area contributed by atoms with Gasteiger partial charge < -0.3 is 10.1 Å². The second-order valence-corrected chi connectivity index (χ2v) is 5.57. The number of hydrogen-bond acceptors (Lipinski definition) is 3. The van der Waals surface area contributed by atoms with E-state index in [1.54, 1.807) is 0 Å². The van der Waals surface area contributed by atoms with Crippen LogP contribution in [0.5, 0.6) is 0 Å². The topological polar surface area (TPSA) is 38.3 Å². The zero-order chi connectivity index (χ0) is 10.4. The summed E-state index contributed by atoms with van der Waals surface area (Å²) in [7, 11) is 0. The fraction of sp³-hybridized carbons (Fsp3) is 0.909. The number of nitrogens with one attached hydrogen (secondary N) is 1. The molecule has 2 bridgehead atoms. The Hall–Kier alpha value is -0.570. The van der Waals surface area contributed by atoms with Gasteiger partial charge in [0.25, 0.3) is 0 Å². The first-order valence-corrected chi connectivity index (χ1v) is 5.40. The smallest absolute Gasteiger partial charge is 0.326 e. The number of fused-ring (bicyclic) bond motifs is 2. The van der Waals surface area contributed by atoms with E-state index in [1.165, 1.54) is 6.42 Å². The summed E-state index contributed by atoms with van der Waals surface area (Å²) >= 11 is 0. The van der Waals surface area contributed by atoms with Crippen LogP contribution in [-0.4, -0.2) is 23.7 Å². The van der Waals surface area contributed by atoms with Gasteiger partial charge in [0.15, 0.2) is 0 Å². The standard InChI is InChI=1S/C11H19NO2/c1-10(2,3)14-9(13)11-5-4-8(6-11)7-12-11/h8,12H,4-7H2,1-3H3/t8-,11+/m0/s1. The van der Waals surface area contributed by atoms with Crippen molar-refractivity contribution in [2.75, 3.05) is 6.54 Å². The van der Waals surface area contributed by atoms with Gasteiger partial charge in [-0.1, -0.05) is 0 Å². The Balaban J connectivity index is 2.04. The van der Waals surface area contributed by atoms with Gasteiger partial charge in [0.2, 0.25) is 0 Å². The van der Waals surface area contributed by atoms with E-state index >= 15 is 0 Å². The van der Waals surface area contributed by atoms with Crippen molar-refractivity contribution in [1.29, 1.82) is 0 Å². The fourth-order valence-electron chi connectivity index (χ4n) is 2.46. The molecule has 2 atom stereocenters. The minimum absolute atomic E-state index is 0.0509. The maximum Gasteiger partial charge on any atom is 0.326 e. The molecule has 0 radical (unpaired) electrons. The summed E-state index contributed by atoms with van der Waals surface area (Å²) in [6, 6.07) is 0. The summed E-state index contributed by atoms with van der Waals surface area (Å²) in [6.07, 6.45) is 3.10. The molecule has 3 heteroatoms. The van der Waals surface area contributed by atoms with Crippen molar-refractivity contribution in [1.82, 2.24) is 5.32 Å². The van der Waals surface area contributed by atoms with Gasteiger partial charge in [0.05, 0.1) is 0 Å². The van der Waals surface area contributed by atoms with Crippen molar-refractivity contribution < 1.29 is 9.53 Å². The molecule has 3 nitrogen and oxygen atoms in total. The zero-order valence-corrected chi connectivity index (χ0v) is 9.22. The van der Waals surface area contributed by atoms with E-state index in [0.29, 0.717) is 5.92 Å². The van der Waals surface area contributed by atoms with Crippen molar-refractivity contribution in [2.45, 2.75) is 51.2 Å². The van der Waals surface area contributed by atoms with Crippen LogP contribution < -0.4 is 5.32 Å². The van der Waals surface area contributed by atoms with E-state index in [9.17, 15) is 4.79 Å². The zero-order valence-electron chi connectivity index (χ0n) is 9.22. The minimum Gasteiger partial charge on any atom is -0.459 e. The average molecular weight is 197 g/mol.